The maximum absolute atomic E-state index is 12.2. The number of alkyl halides is 5. The number of hydrogen-bond acceptors (Lipinski definition) is 1. The van der Waals surface area contributed by atoms with E-state index in [1.165, 1.54) is 0 Å². The van der Waals surface area contributed by atoms with E-state index in [0.29, 0.717) is 0 Å². The molecule has 7 heteroatoms. The number of halogens is 5. The topological polar surface area (TPSA) is 17.1 Å². The fourth-order valence-corrected chi connectivity index (χ4v) is 1.47. The predicted octanol–water partition coefficient (Wildman–Crippen LogP) is 3.55. The fraction of sp³-hybridized carbons (Fsp3) is 0.667. The highest BCUT2D eigenvalue weighted by molar-refractivity contribution is 7.46. The summed E-state index contributed by atoms with van der Waals surface area (Å²) >= 11 is 0. The molecule has 0 aromatic carbocycles. The quantitative estimate of drug-likeness (QED) is 0.403. The van der Waals surface area contributed by atoms with Gasteiger partial charge in [0.15, 0.2) is 6.16 Å². The molecule has 76 valence electrons. The second-order valence-electron chi connectivity index (χ2n) is 2.22. The Morgan fingerprint density at radius 1 is 1.23 bits per heavy atom. The second kappa shape index (κ2) is 4.13. The summed E-state index contributed by atoms with van der Waals surface area (Å²) in [5.41, 5.74) is -5.09. The molecule has 0 aromatic heterocycles. The average molecular weight is 221 g/mol. The van der Waals surface area contributed by atoms with E-state index < -0.39 is 25.8 Å². The first-order chi connectivity index (χ1) is 5.73. The van der Waals surface area contributed by atoms with Crippen LogP contribution >= 0.6 is 7.80 Å². The van der Waals surface area contributed by atoms with E-state index in [1.807, 2.05) is 0 Å². The Morgan fingerprint density at radius 3 is 2.00 bits per heavy atom. The lowest BCUT2D eigenvalue weighted by Crippen LogP contribution is -2.33. The summed E-state index contributed by atoms with van der Waals surface area (Å²) in [5, 5.41) is 0. The monoisotopic (exact) mass is 221 g/mol. The Balaban J connectivity index is 4.45. The molecule has 0 spiro atoms. The molecule has 0 N–H and O–H groups in total. The van der Waals surface area contributed by atoms with Gasteiger partial charge in [-0.3, -0.25) is 0 Å². The van der Waals surface area contributed by atoms with E-state index in [0.717, 1.165) is 6.08 Å². The third-order valence-electron chi connectivity index (χ3n) is 1.19. The standard InChI is InChI=1S/C6H7F5OP/c1-2-3-4-13(12)6(10,11)5(7,8)9/h2H,1,3-4H2/q+1. The van der Waals surface area contributed by atoms with Gasteiger partial charge in [0.25, 0.3) is 0 Å². The van der Waals surface area contributed by atoms with Gasteiger partial charge in [-0.25, -0.2) is 0 Å². The summed E-state index contributed by atoms with van der Waals surface area (Å²) < 4.78 is 69.6. The van der Waals surface area contributed by atoms with Crippen molar-refractivity contribution in [3.8, 4) is 0 Å². The maximum Gasteiger partial charge on any atom is 0.539 e. The van der Waals surface area contributed by atoms with Gasteiger partial charge in [-0.1, -0.05) is 10.6 Å². The summed E-state index contributed by atoms with van der Waals surface area (Å²) in [6, 6.07) is 0. The number of rotatable bonds is 4. The molecule has 0 saturated heterocycles. The molecular formula is C6H7F5OP+. The number of hydrogen-bond donors (Lipinski definition) is 0. The van der Waals surface area contributed by atoms with E-state index in [-0.39, 0.29) is 6.42 Å². The van der Waals surface area contributed by atoms with Gasteiger partial charge in [-0.2, -0.15) is 13.2 Å². The van der Waals surface area contributed by atoms with E-state index >= 15 is 0 Å². The van der Waals surface area contributed by atoms with Crippen molar-refractivity contribution in [2.45, 2.75) is 18.3 Å². The van der Waals surface area contributed by atoms with Crippen molar-refractivity contribution < 1.29 is 26.5 Å². The fourth-order valence-electron chi connectivity index (χ4n) is 0.490. The van der Waals surface area contributed by atoms with Gasteiger partial charge in [0.1, 0.15) is 0 Å². The van der Waals surface area contributed by atoms with Gasteiger partial charge in [-0.15, -0.1) is 15.4 Å². The minimum absolute atomic E-state index is 0.124. The third kappa shape index (κ3) is 3.03. The molecule has 1 atom stereocenters. The van der Waals surface area contributed by atoms with Crippen LogP contribution in [0.2, 0.25) is 0 Å². The molecule has 1 nitrogen and oxygen atoms in total. The summed E-state index contributed by atoms with van der Waals surface area (Å²) in [4.78, 5) is 0. The minimum atomic E-state index is -5.73. The normalized spacial score (nSPS) is 14.1. The highest BCUT2D eigenvalue weighted by Crippen LogP contribution is 2.52. The van der Waals surface area contributed by atoms with Crippen LogP contribution in [0.4, 0.5) is 22.0 Å². The zero-order chi connectivity index (χ0) is 10.7. The summed E-state index contributed by atoms with van der Waals surface area (Å²) in [6.45, 7) is 3.12. The van der Waals surface area contributed by atoms with Crippen LogP contribution in [0, 0.1) is 0 Å². The molecule has 13 heavy (non-hydrogen) atoms. The van der Waals surface area contributed by atoms with Gasteiger partial charge >= 0.3 is 19.6 Å². The molecule has 0 aliphatic carbocycles. The molecule has 0 amide bonds. The van der Waals surface area contributed by atoms with Crippen molar-refractivity contribution in [1.82, 2.24) is 0 Å². The van der Waals surface area contributed by atoms with E-state index in [1.54, 1.807) is 0 Å². The molecule has 0 saturated carbocycles. The lowest BCUT2D eigenvalue weighted by molar-refractivity contribution is -0.241. The molecule has 0 fully saturated rings. The minimum Gasteiger partial charge on any atom is -0.161 e. The van der Waals surface area contributed by atoms with Crippen molar-refractivity contribution in [3.63, 3.8) is 0 Å². The van der Waals surface area contributed by atoms with Crippen LogP contribution in [0.1, 0.15) is 6.42 Å². The maximum atomic E-state index is 12.2. The highest BCUT2D eigenvalue weighted by atomic mass is 31.1. The summed E-state index contributed by atoms with van der Waals surface area (Å²) in [7, 11) is -3.60. The SMILES string of the molecule is C=CCC[P+](=O)C(F)(F)C(F)(F)F. The molecule has 0 bridgehead atoms. The lowest BCUT2D eigenvalue weighted by Gasteiger charge is -2.08. The first-order valence-corrected chi connectivity index (χ1v) is 4.68. The van der Waals surface area contributed by atoms with E-state index in [2.05, 4.69) is 6.58 Å². The van der Waals surface area contributed by atoms with Gasteiger partial charge < -0.3 is 0 Å². The van der Waals surface area contributed by atoms with Crippen LogP contribution in [0.25, 0.3) is 0 Å². The molecule has 0 aromatic rings. The highest BCUT2D eigenvalue weighted by Gasteiger charge is 2.72. The molecule has 0 aliphatic heterocycles. The van der Waals surface area contributed by atoms with Crippen LogP contribution in [0.15, 0.2) is 12.7 Å². The first kappa shape index (κ1) is 12.5. The van der Waals surface area contributed by atoms with Gasteiger partial charge in [0, 0.05) is 6.42 Å². The van der Waals surface area contributed by atoms with Crippen LogP contribution in [0.5, 0.6) is 0 Å². The zero-order valence-corrected chi connectivity index (χ0v) is 7.34. The van der Waals surface area contributed by atoms with Crippen molar-refractivity contribution in [2.24, 2.45) is 0 Å². The Morgan fingerprint density at radius 2 is 1.69 bits per heavy atom. The Bertz CT molecular complexity index is 210. The van der Waals surface area contributed by atoms with E-state index in [4.69, 9.17) is 0 Å². The van der Waals surface area contributed by atoms with Gasteiger partial charge in [0.05, 0.1) is 0 Å². The Labute approximate surface area is 72.4 Å². The number of allylic oxidation sites excluding steroid dienone is 1. The molecule has 0 aliphatic rings. The van der Waals surface area contributed by atoms with Crippen LogP contribution in [0.3, 0.4) is 0 Å². The summed E-state index contributed by atoms with van der Waals surface area (Å²) in [6.07, 6.45) is -5.42. The zero-order valence-electron chi connectivity index (χ0n) is 6.44. The van der Waals surface area contributed by atoms with Crippen LogP contribution in [-0.4, -0.2) is 18.0 Å². The largest absolute Gasteiger partial charge is 0.539 e. The van der Waals surface area contributed by atoms with Gasteiger partial charge in [0.2, 0.25) is 0 Å². The van der Waals surface area contributed by atoms with Crippen molar-refractivity contribution in [2.75, 3.05) is 6.16 Å². The molecule has 1 unspecified atom stereocenters. The average Bonchev–Trinajstić information content (AvgIpc) is 1.97. The molecule has 0 radical (unpaired) electrons. The smallest absolute Gasteiger partial charge is 0.161 e. The van der Waals surface area contributed by atoms with Crippen LogP contribution < -0.4 is 0 Å². The predicted molar refractivity (Wildman–Crippen MR) is 38.3 cm³/mol. The van der Waals surface area contributed by atoms with E-state index in [9.17, 15) is 26.5 Å². The molecule has 0 heterocycles. The molecular weight excluding hydrogens is 214 g/mol. The van der Waals surface area contributed by atoms with Crippen molar-refractivity contribution >= 4 is 7.80 Å². The lowest BCUT2D eigenvalue weighted by atomic mass is 10.5. The third-order valence-corrected chi connectivity index (χ3v) is 2.73. The summed E-state index contributed by atoms with van der Waals surface area (Å²) in [5.74, 6) is 0. The van der Waals surface area contributed by atoms with Crippen molar-refractivity contribution in [3.05, 3.63) is 12.7 Å². The van der Waals surface area contributed by atoms with Crippen LogP contribution in [-0.2, 0) is 4.57 Å². The Hall–Kier alpha value is -0.510. The Kier molecular flexibility index (Phi) is 3.97. The second-order valence-corrected chi connectivity index (χ2v) is 3.98. The van der Waals surface area contributed by atoms with Crippen molar-refractivity contribution in [1.29, 1.82) is 0 Å². The van der Waals surface area contributed by atoms with Gasteiger partial charge in [-0.05, 0) is 0 Å². The first-order valence-electron chi connectivity index (χ1n) is 3.23. The molecule has 0 rings (SSSR count).